The second-order valence-corrected chi connectivity index (χ2v) is 7.30. The summed E-state index contributed by atoms with van der Waals surface area (Å²) in [6.45, 7) is 9.67. The summed E-state index contributed by atoms with van der Waals surface area (Å²) in [5, 5.41) is 6.89. The summed E-state index contributed by atoms with van der Waals surface area (Å²) in [7, 11) is 2.03. The number of aryl methyl sites for hydroxylation is 2. The first kappa shape index (κ1) is 23.8. The lowest BCUT2D eigenvalue weighted by Crippen LogP contribution is -2.29. The van der Waals surface area contributed by atoms with Gasteiger partial charge in [-0.15, -0.1) is 0 Å². The topological polar surface area (TPSA) is 74.0 Å². The normalized spacial score (nSPS) is 13.2. The third kappa shape index (κ3) is 6.43. The minimum atomic E-state index is -0.250. The molecule has 1 aliphatic heterocycles. The molecule has 0 saturated heterocycles. The molecular formula is C22H36N2O4. The van der Waals surface area contributed by atoms with Crippen molar-refractivity contribution >= 4 is 12.3 Å². The number of unbranched alkanes of at least 4 members (excludes halogenated alkanes) is 5. The fourth-order valence-corrected chi connectivity index (χ4v) is 3.73. The van der Waals surface area contributed by atoms with E-state index in [1.807, 2.05) is 27.1 Å². The van der Waals surface area contributed by atoms with Gasteiger partial charge in [0.1, 0.15) is 17.2 Å². The van der Waals surface area contributed by atoms with E-state index in [1.165, 1.54) is 32.1 Å². The van der Waals surface area contributed by atoms with Crippen LogP contribution in [0.15, 0.2) is 16.3 Å². The van der Waals surface area contributed by atoms with E-state index in [1.54, 1.807) is 0 Å². The second kappa shape index (κ2) is 12.3. The molecule has 0 unspecified atom stereocenters. The first-order valence-electron chi connectivity index (χ1n) is 10.3. The maximum atomic E-state index is 13.2. The molecule has 28 heavy (non-hydrogen) atoms. The molecule has 0 radical (unpaired) electrons. The molecule has 1 N–H and O–H groups in total. The van der Waals surface area contributed by atoms with Gasteiger partial charge in [0.15, 0.2) is 0 Å². The van der Waals surface area contributed by atoms with Crippen molar-refractivity contribution < 1.29 is 19.1 Å². The molecule has 0 bridgehead atoms. The van der Waals surface area contributed by atoms with Gasteiger partial charge in [0.25, 0.3) is 6.47 Å². The van der Waals surface area contributed by atoms with Crippen molar-refractivity contribution in [3.05, 3.63) is 34.5 Å². The number of nitrogens with zero attached hydrogens (tertiary/aromatic N) is 2. The van der Waals surface area contributed by atoms with E-state index in [4.69, 9.17) is 14.3 Å². The lowest BCUT2D eigenvalue weighted by molar-refractivity contribution is -0.122. The monoisotopic (exact) mass is 392 g/mol. The van der Waals surface area contributed by atoms with Gasteiger partial charge in [0, 0.05) is 25.4 Å². The van der Waals surface area contributed by atoms with Crippen LogP contribution >= 0.6 is 0 Å². The number of hydrogen-bond acceptors (Lipinski definition) is 5. The standard InChI is InChI=1S/C21H34N2O2.CH2O2/c1-6-8-9-10-11-12-13-23-15-22(5)14-19(23)21(24)20-17(4)25-16(3)18(20)7-2;2-1-3/h14H,6-13,15H2,1-5H3;1H,(H,2,3). The maximum absolute atomic E-state index is 13.2. The van der Waals surface area contributed by atoms with Gasteiger partial charge in [0.2, 0.25) is 5.78 Å². The zero-order valence-corrected chi connectivity index (χ0v) is 18.1. The second-order valence-electron chi connectivity index (χ2n) is 7.30. The molecule has 1 aromatic heterocycles. The lowest BCUT2D eigenvalue weighted by Gasteiger charge is -2.22. The first-order valence-corrected chi connectivity index (χ1v) is 10.3. The Kier molecular flexibility index (Phi) is 10.4. The summed E-state index contributed by atoms with van der Waals surface area (Å²) in [5.41, 5.74) is 2.64. The average molecular weight is 393 g/mol. The zero-order valence-electron chi connectivity index (χ0n) is 18.1. The van der Waals surface area contributed by atoms with Gasteiger partial charge >= 0.3 is 0 Å². The number of carbonyl (C=O) groups excluding carboxylic acids is 1. The van der Waals surface area contributed by atoms with Gasteiger partial charge in [-0.25, -0.2) is 0 Å². The minimum absolute atomic E-state index is 0.113. The van der Waals surface area contributed by atoms with Crippen molar-refractivity contribution in [3.63, 3.8) is 0 Å². The number of rotatable bonds is 10. The predicted molar refractivity (Wildman–Crippen MR) is 111 cm³/mol. The summed E-state index contributed by atoms with van der Waals surface area (Å²) in [5.74, 6) is 1.73. The van der Waals surface area contributed by atoms with Crippen LogP contribution in [0.1, 0.15) is 79.8 Å². The summed E-state index contributed by atoms with van der Waals surface area (Å²) >= 11 is 0. The summed E-state index contributed by atoms with van der Waals surface area (Å²) in [6.07, 6.45) is 10.4. The molecular weight excluding hydrogens is 356 g/mol. The van der Waals surface area contributed by atoms with Gasteiger partial charge in [-0.2, -0.15) is 0 Å². The third-order valence-corrected chi connectivity index (χ3v) is 5.06. The van der Waals surface area contributed by atoms with Gasteiger partial charge < -0.3 is 19.3 Å². The molecule has 0 spiro atoms. The Labute approximate surface area is 169 Å². The van der Waals surface area contributed by atoms with Crippen molar-refractivity contribution in [2.45, 2.75) is 72.6 Å². The van der Waals surface area contributed by atoms with E-state index in [-0.39, 0.29) is 12.3 Å². The van der Waals surface area contributed by atoms with E-state index >= 15 is 0 Å². The molecule has 0 amide bonds. The van der Waals surface area contributed by atoms with Crippen molar-refractivity contribution in [2.24, 2.45) is 0 Å². The summed E-state index contributed by atoms with van der Waals surface area (Å²) in [4.78, 5) is 25.9. The Hall–Kier alpha value is -2.24. The van der Waals surface area contributed by atoms with E-state index in [0.29, 0.717) is 0 Å². The molecule has 0 aromatic carbocycles. The van der Waals surface area contributed by atoms with Crippen molar-refractivity contribution in [1.29, 1.82) is 0 Å². The van der Waals surface area contributed by atoms with Crippen LogP contribution in [0.5, 0.6) is 0 Å². The number of allylic oxidation sites excluding steroid dienone is 1. The van der Waals surface area contributed by atoms with Crippen molar-refractivity contribution in [3.8, 4) is 0 Å². The molecule has 6 heteroatoms. The lowest BCUT2D eigenvalue weighted by atomic mass is 10.0. The number of hydrogen-bond donors (Lipinski definition) is 1. The van der Waals surface area contributed by atoms with Crippen LogP contribution in [0, 0.1) is 13.8 Å². The van der Waals surface area contributed by atoms with Crippen LogP contribution in [0.4, 0.5) is 0 Å². The predicted octanol–water partition coefficient (Wildman–Crippen LogP) is 4.75. The van der Waals surface area contributed by atoms with E-state index in [9.17, 15) is 4.79 Å². The number of furan rings is 1. The van der Waals surface area contributed by atoms with Crippen LogP contribution in [0.2, 0.25) is 0 Å². The molecule has 0 saturated carbocycles. The van der Waals surface area contributed by atoms with Gasteiger partial charge in [-0.1, -0.05) is 46.0 Å². The quantitative estimate of drug-likeness (QED) is 0.352. The zero-order chi connectivity index (χ0) is 21.1. The molecule has 1 aliphatic rings. The highest BCUT2D eigenvalue weighted by Gasteiger charge is 2.29. The van der Waals surface area contributed by atoms with Crippen LogP contribution in [0.25, 0.3) is 0 Å². The first-order chi connectivity index (χ1) is 13.4. The Morgan fingerprint density at radius 1 is 1.14 bits per heavy atom. The van der Waals surface area contributed by atoms with E-state index < -0.39 is 0 Å². The molecule has 0 fully saturated rings. The highest BCUT2D eigenvalue weighted by Crippen LogP contribution is 2.28. The van der Waals surface area contributed by atoms with Crippen LogP contribution in [-0.4, -0.2) is 47.4 Å². The number of Topliss-reactive ketones (excluding diaryl/α,β-unsaturated/α-hetero) is 1. The number of ketones is 1. The smallest absolute Gasteiger partial charge is 0.290 e. The average Bonchev–Trinajstić information content (AvgIpc) is 3.16. The summed E-state index contributed by atoms with van der Waals surface area (Å²) < 4.78 is 5.74. The minimum Gasteiger partial charge on any atom is -0.483 e. The highest BCUT2D eigenvalue weighted by molar-refractivity contribution is 6.10. The Bertz CT molecular complexity index is 664. The number of carboxylic acid groups (broad SMARTS) is 1. The van der Waals surface area contributed by atoms with Gasteiger partial charge in [-0.3, -0.25) is 9.59 Å². The maximum Gasteiger partial charge on any atom is 0.290 e. The molecule has 2 heterocycles. The fraction of sp³-hybridized carbons (Fsp3) is 0.636. The number of carbonyl (C=O) groups is 2. The van der Waals surface area contributed by atoms with E-state index in [2.05, 4.69) is 23.6 Å². The highest BCUT2D eigenvalue weighted by atomic mass is 16.3. The van der Waals surface area contributed by atoms with Crippen LogP contribution in [0.3, 0.4) is 0 Å². The summed E-state index contributed by atoms with van der Waals surface area (Å²) in [6, 6.07) is 0. The molecule has 2 rings (SSSR count). The van der Waals surface area contributed by atoms with Crippen molar-refractivity contribution in [2.75, 3.05) is 20.3 Å². The Balaban J connectivity index is 0.00000122. The van der Waals surface area contributed by atoms with Crippen LogP contribution in [-0.2, 0) is 11.2 Å². The van der Waals surface area contributed by atoms with Gasteiger partial charge in [-0.05, 0) is 26.7 Å². The largest absolute Gasteiger partial charge is 0.483 e. The SMILES string of the molecule is CCCCCCCCN1CN(C)C=C1C(=O)c1c(C)oc(C)c1CC.O=CO. The molecule has 158 valence electrons. The van der Waals surface area contributed by atoms with Crippen molar-refractivity contribution in [1.82, 2.24) is 9.80 Å². The van der Waals surface area contributed by atoms with Crippen LogP contribution < -0.4 is 0 Å². The Morgan fingerprint density at radius 2 is 1.75 bits per heavy atom. The van der Waals surface area contributed by atoms with Gasteiger partial charge in [0.05, 0.1) is 12.2 Å². The third-order valence-electron chi connectivity index (χ3n) is 5.06. The Morgan fingerprint density at radius 3 is 2.36 bits per heavy atom. The molecule has 6 nitrogen and oxygen atoms in total. The molecule has 0 aliphatic carbocycles. The van der Waals surface area contributed by atoms with E-state index in [0.717, 1.165) is 54.4 Å². The molecule has 1 aromatic rings. The fourth-order valence-electron chi connectivity index (χ4n) is 3.73. The molecule has 0 atom stereocenters.